The van der Waals surface area contributed by atoms with Gasteiger partial charge in [-0.2, -0.15) is 0 Å². The van der Waals surface area contributed by atoms with Gasteiger partial charge in [-0.25, -0.2) is 0 Å². The van der Waals surface area contributed by atoms with E-state index in [0.29, 0.717) is 6.61 Å². The van der Waals surface area contributed by atoms with Crippen LogP contribution >= 0.6 is 24.0 Å². The molecule has 1 aromatic heterocycles. The summed E-state index contributed by atoms with van der Waals surface area (Å²) in [6, 6.07) is 5.89. The number of thiol groups is 1. The normalized spacial score (nSPS) is 10.7. The molecule has 2 rings (SSSR count). The number of nitrogen functional groups attached to an aromatic ring is 1. The first-order valence-electron chi connectivity index (χ1n) is 4.36. The van der Waals surface area contributed by atoms with Gasteiger partial charge >= 0.3 is 0 Å². The monoisotopic (exact) mass is 225 g/mol. The number of rotatable bonds is 2. The molecule has 0 saturated heterocycles. The number of thiophene rings is 1. The molecule has 2 N–H and O–H groups in total. The lowest BCUT2D eigenvalue weighted by Crippen LogP contribution is -1.92. The van der Waals surface area contributed by atoms with E-state index in [-0.39, 0.29) is 0 Å². The molecule has 0 atom stereocenters. The third-order valence-electron chi connectivity index (χ3n) is 1.93. The Kier molecular flexibility index (Phi) is 2.56. The van der Waals surface area contributed by atoms with Crippen LogP contribution in [0.2, 0.25) is 0 Å². The molecule has 0 aliphatic heterocycles. The summed E-state index contributed by atoms with van der Waals surface area (Å²) in [6.45, 7) is 2.60. The van der Waals surface area contributed by atoms with E-state index in [1.54, 1.807) is 0 Å². The first-order valence-corrected chi connectivity index (χ1v) is 5.62. The Hall–Kier alpha value is -0.870. The van der Waals surface area contributed by atoms with Crippen LogP contribution in [0.4, 0.5) is 5.00 Å². The smallest absolute Gasteiger partial charge is 0.150 e. The Labute approximate surface area is 92.1 Å². The Balaban J connectivity index is 2.68. The van der Waals surface area contributed by atoms with Crippen molar-refractivity contribution in [1.82, 2.24) is 0 Å². The molecule has 0 amide bonds. The molecule has 2 aromatic rings. The topological polar surface area (TPSA) is 35.2 Å². The first-order chi connectivity index (χ1) is 6.72. The summed E-state index contributed by atoms with van der Waals surface area (Å²) >= 11 is 5.89. The second-order valence-corrected chi connectivity index (χ2v) is 4.48. The predicted octanol–water partition coefficient (Wildman–Crippen LogP) is 3.17. The van der Waals surface area contributed by atoms with Crippen molar-refractivity contribution in [3.63, 3.8) is 0 Å². The molecule has 0 bridgehead atoms. The molecule has 0 aliphatic rings. The van der Waals surface area contributed by atoms with E-state index in [2.05, 4.69) is 12.6 Å². The Morgan fingerprint density at radius 1 is 1.50 bits per heavy atom. The van der Waals surface area contributed by atoms with Crippen molar-refractivity contribution in [3.05, 3.63) is 18.2 Å². The van der Waals surface area contributed by atoms with Gasteiger partial charge in [0.05, 0.1) is 16.3 Å². The molecule has 0 unspecified atom stereocenters. The van der Waals surface area contributed by atoms with E-state index in [1.165, 1.54) is 11.3 Å². The van der Waals surface area contributed by atoms with Crippen LogP contribution < -0.4 is 10.5 Å². The average Bonchev–Trinajstić information content (AvgIpc) is 2.51. The molecular weight excluding hydrogens is 214 g/mol. The fourth-order valence-corrected chi connectivity index (χ4v) is 2.63. The summed E-state index contributed by atoms with van der Waals surface area (Å²) in [5.74, 6) is 0.843. The van der Waals surface area contributed by atoms with Crippen LogP contribution in [-0.4, -0.2) is 6.61 Å². The molecule has 2 nitrogen and oxygen atoms in total. The first kappa shape index (κ1) is 9.68. The summed E-state index contributed by atoms with van der Waals surface area (Å²) < 4.78 is 6.62. The van der Waals surface area contributed by atoms with Crippen molar-refractivity contribution in [2.45, 2.75) is 11.8 Å². The Bertz CT molecular complexity index is 464. The van der Waals surface area contributed by atoms with Crippen molar-refractivity contribution >= 4 is 39.1 Å². The highest BCUT2D eigenvalue weighted by atomic mass is 32.1. The minimum Gasteiger partial charge on any atom is -0.491 e. The fraction of sp³-hybridized carbons (Fsp3) is 0.200. The zero-order valence-electron chi connectivity index (χ0n) is 7.78. The highest BCUT2D eigenvalue weighted by molar-refractivity contribution is 7.80. The van der Waals surface area contributed by atoms with Gasteiger partial charge in [0.2, 0.25) is 0 Å². The van der Waals surface area contributed by atoms with Crippen LogP contribution in [0.5, 0.6) is 5.75 Å². The van der Waals surface area contributed by atoms with Crippen LogP contribution in [-0.2, 0) is 0 Å². The maximum Gasteiger partial charge on any atom is 0.150 e. The second-order valence-electron chi connectivity index (χ2n) is 2.91. The third-order valence-corrected chi connectivity index (χ3v) is 3.26. The SMILES string of the molecule is CCOc1c(S)ccc2cc(N)sc12. The van der Waals surface area contributed by atoms with Crippen LogP contribution in [0.3, 0.4) is 0 Å². The van der Waals surface area contributed by atoms with Crippen molar-refractivity contribution in [1.29, 1.82) is 0 Å². The number of anilines is 1. The molecular formula is C10H11NOS2. The van der Waals surface area contributed by atoms with E-state index in [9.17, 15) is 0 Å². The lowest BCUT2D eigenvalue weighted by Gasteiger charge is -2.06. The third kappa shape index (κ3) is 1.55. The van der Waals surface area contributed by atoms with Crippen molar-refractivity contribution < 1.29 is 4.74 Å². The van der Waals surface area contributed by atoms with Gasteiger partial charge in [0.15, 0.2) is 0 Å². The standard InChI is InChI=1S/C10H11NOS2/c1-2-12-9-7(13)4-3-6-5-8(11)14-10(6)9/h3-5,13H,2,11H2,1H3. The van der Waals surface area contributed by atoms with Gasteiger partial charge in [0.25, 0.3) is 0 Å². The molecule has 74 valence electrons. The minimum atomic E-state index is 0.643. The molecule has 0 aliphatic carbocycles. The summed E-state index contributed by atoms with van der Waals surface area (Å²) in [7, 11) is 0. The van der Waals surface area contributed by atoms with Crippen molar-refractivity contribution in [2.24, 2.45) is 0 Å². The van der Waals surface area contributed by atoms with E-state index >= 15 is 0 Å². The van der Waals surface area contributed by atoms with Crippen LogP contribution in [0.15, 0.2) is 23.1 Å². The number of benzene rings is 1. The predicted molar refractivity (Wildman–Crippen MR) is 64.7 cm³/mol. The zero-order valence-corrected chi connectivity index (χ0v) is 9.49. The van der Waals surface area contributed by atoms with Crippen LogP contribution in [0.25, 0.3) is 10.1 Å². The Morgan fingerprint density at radius 3 is 3.00 bits per heavy atom. The number of fused-ring (bicyclic) bond motifs is 1. The quantitative estimate of drug-likeness (QED) is 0.770. The van der Waals surface area contributed by atoms with Gasteiger partial charge in [0, 0.05) is 4.90 Å². The highest BCUT2D eigenvalue weighted by Crippen LogP contribution is 2.38. The molecule has 1 aromatic carbocycles. The summed E-state index contributed by atoms with van der Waals surface area (Å²) in [6.07, 6.45) is 0. The maximum atomic E-state index is 5.74. The molecule has 0 fully saturated rings. The lowest BCUT2D eigenvalue weighted by atomic mass is 10.2. The number of hydrogen-bond donors (Lipinski definition) is 2. The maximum absolute atomic E-state index is 5.74. The largest absolute Gasteiger partial charge is 0.491 e. The molecule has 4 heteroatoms. The zero-order chi connectivity index (χ0) is 10.1. The van der Waals surface area contributed by atoms with Crippen LogP contribution in [0.1, 0.15) is 6.92 Å². The van der Waals surface area contributed by atoms with E-state index in [1.807, 2.05) is 25.1 Å². The van der Waals surface area contributed by atoms with Gasteiger partial charge in [-0.1, -0.05) is 6.07 Å². The molecule has 0 saturated carbocycles. The van der Waals surface area contributed by atoms with Crippen molar-refractivity contribution in [2.75, 3.05) is 12.3 Å². The van der Waals surface area contributed by atoms with Crippen molar-refractivity contribution in [3.8, 4) is 5.75 Å². The average molecular weight is 225 g/mol. The molecule has 14 heavy (non-hydrogen) atoms. The number of ether oxygens (including phenoxy) is 1. The second kappa shape index (κ2) is 3.71. The van der Waals surface area contributed by atoms with Gasteiger partial charge in [-0.3, -0.25) is 0 Å². The minimum absolute atomic E-state index is 0.643. The summed E-state index contributed by atoms with van der Waals surface area (Å²) in [4.78, 5) is 0.862. The molecule has 0 spiro atoms. The molecule has 0 radical (unpaired) electrons. The Morgan fingerprint density at radius 2 is 2.29 bits per heavy atom. The van der Waals surface area contributed by atoms with E-state index in [0.717, 1.165) is 25.7 Å². The summed E-state index contributed by atoms with van der Waals surface area (Å²) in [5, 5.41) is 1.92. The highest BCUT2D eigenvalue weighted by Gasteiger charge is 2.08. The lowest BCUT2D eigenvalue weighted by molar-refractivity contribution is 0.337. The van der Waals surface area contributed by atoms with Crippen LogP contribution in [0, 0.1) is 0 Å². The van der Waals surface area contributed by atoms with E-state index < -0.39 is 0 Å². The van der Waals surface area contributed by atoms with Gasteiger partial charge in [-0.05, 0) is 24.4 Å². The van der Waals surface area contributed by atoms with Gasteiger partial charge < -0.3 is 10.5 Å². The van der Waals surface area contributed by atoms with Gasteiger partial charge in [-0.15, -0.1) is 24.0 Å². The summed E-state index contributed by atoms with van der Waals surface area (Å²) in [5.41, 5.74) is 5.74. The van der Waals surface area contributed by atoms with Gasteiger partial charge in [0.1, 0.15) is 5.75 Å². The number of hydrogen-bond acceptors (Lipinski definition) is 4. The van der Waals surface area contributed by atoms with E-state index in [4.69, 9.17) is 10.5 Å². The fourth-order valence-electron chi connectivity index (χ4n) is 1.37. The molecule has 1 heterocycles. The number of nitrogens with two attached hydrogens (primary N) is 1.